The summed E-state index contributed by atoms with van der Waals surface area (Å²) in [5, 5.41) is 9.49. The quantitative estimate of drug-likeness (QED) is 0.439. The van der Waals surface area contributed by atoms with Crippen molar-refractivity contribution < 1.29 is 14.4 Å². The van der Waals surface area contributed by atoms with Gasteiger partial charge in [-0.1, -0.05) is 66.7 Å². The molecule has 0 spiro atoms. The van der Waals surface area contributed by atoms with E-state index in [-0.39, 0.29) is 6.42 Å². The topological polar surface area (TPSA) is 40.1 Å². The first-order valence-electron chi connectivity index (χ1n) is 10.1. The summed E-state index contributed by atoms with van der Waals surface area (Å²) < 4.78 is 1.42. The molecule has 0 saturated carbocycles. The maximum atomic E-state index is 9.49. The largest absolute Gasteiger partial charge is 0.550 e. The molecule has 0 amide bonds. The van der Waals surface area contributed by atoms with Crippen LogP contribution in [0.3, 0.4) is 0 Å². The van der Waals surface area contributed by atoms with Crippen molar-refractivity contribution >= 4 is 5.97 Å². The van der Waals surface area contributed by atoms with Gasteiger partial charge < -0.3 is 14.4 Å². The third-order valence-electron chi connectivity index (χ3n) is 4.40. The van der Waals surface area contributed by atoms with Crippen molar-refractivity contribution in [1.29, 1.82) is 0 Å². The van der Waals surface area contributed by atoms with E-state index >= 15 is 0 Å². The van der Waals surface area contributed by atoms with Crippen LogP contribution in [0.2, 0.25) is 0 Å². The number of carbonyl (C=O) groups excluding carboxylic acids is 1. The van der Waals surface area contributed by atoms with Crippen LogP contribution < -0.4 is 5.11 Å². The molecule has 0 aromatic carbocycles. The minimum Gasteiger partial charge on any atom is -0.550 e. The van der Waals surface area contributed by atoms with Crippen LogP contribution in [-0.2, 0) is 4.79 Å². The molecule has 3 heteroatoms. The Hall–Kier alpha value is -0.570. The Morgan fingerprint density at radius 1 is 0.652 bits per heavy atom. The monoisotopic (exact) mass is 329 g/mol. The van der Waals surface area contributed by atoms with Crippen LogP contribution in [0, 0.1) is 0 Å². The molecular formula is C20H43NO2. The van der Waals surface area contributed by atoms with E-state index in [1.807, 2.05) is 0 Å². The van der Waals surface area contributed by atoms with Gasteiger partial charge in [0.05, 0.1) is 26.2 Å². The van der Waals surface area contributed by atoms with Gasteiger partial charge in [-0.15, -0.1) is 0 Å². The highest BCUT2D eigenvalue weighted by Gasteiger charge is 2.24. The zero-order chi connectivity index (χ0) is 18.0. The number of carboxylic acids is 1. The van der Waals surface area contributed by atoms with E-state index in [1.165, 1.54) is 82.0 Å². The van der Waals surface area contributed by atoms with Crippen molar-refractivity contribution in [1.82, 2.24) is 0 Å². The first-order valence-corrected chi connectivity index (χ1v) is 10.1. The number of carbonyl (C=O) groups is 1. The molecule has 0 fully saturated rings. The van der Waals surface area contributed by atoms with Crippen molar-refractivity contribution in [3.63, 3.8) is 0 Å². The first-order chi connectivity index (χ1) is 11.0. The Morgan fingerprint density at radius 3 is 1.09 bits per heavy atom. The second kappa shape index (κ2) is 17.8. The lowest BCUT2D eigenvalue weighted by Gasteiger charge is -2.39. The van der Waals surface area contributed by atoms with E-state index < -0.39 is 5.97 Å². The highest BCUT2D eigenvalue weighted by Crippen LogP contribution is 2.16. The van der Waals surface area contributed by atoms with Gasteiger partial charge in [0, 0.05) is 5.97 Å². The van der Waals surface area contributed by atoms with Crippen molar-refractivity contribution in [3.05, 3.63) is 0 Å². The average molecular weight is 330 g/mol. The minimum atomic E-state index is -0.961. The normalized spacial score (nSPS) is 11.0. The van der Waals surface area contributed by atoms with Crippen molar-refractivity contribution in [2.45, 2.75) is 98.8 Å². The molecule has 0 heterocycles. The predicted octanol–water partition coefficient (Wildman–Crippen LogP) is 4.54. The van der Waals surface area contributed by atoms with Crippen molar-refractivity contribution in [2.24, 2.45) is 0 Å². The molecule has 23 heavy (non-hydrogen) atoms. The van der Waals surface area contributed by atoms with Crippen LogP contribution in [0.25, 0.3) is 0 Å². The van der Waals surface area contributed by atoms with Gasteiger partial charge in [-0.25, -0.2) is 0 Å². The summed E-state index contributed by atoms with van der Waals surface area (Å²) in [7, 11) is 0. The van der Waals surface area contributed by atoms with Gasteiger partial charge in [-0.3, -0.25) is 0 Å². The van der Waals surface area contributed by atoms with Crippen LogP contribution in [0.5, 0.6) is 0 Å². The Bertz CT molecular complexity index is 217. The predicted molar refractivity (Wildman–Crippen MR) is 99.3 cm³/mol. The number of rotatable bonds is 14. The van der Waals surface area contributed by atoms with E-state index in [0.29, 0.717) is 6.42 Å². The van der Waals surface area contributed by atoms with E-state index in [1.54, 1.807) is 6.92 Å². The lowest BCUT2D eigenvalue weighted by atomic mass is 10.1. The van der Waals surface area contributed by atoms with Crippen LogP contribution >= 0.6 is 0 Å². The van der Waals surface area contributed by atoms with Crippen LogP contribution in [0.4, 0.5) is 0 Å². The molecule has 0 N–H and O–H groups in total. The second-order valence-corrected chi connectivity index (χ2v) is 6.77. The standard InChI is InChI=1S/C16H36N.C4H8O2/c1-5-9-13-17(14-10-6-2,15-11-7-3)16-12-8-4;1-2-3-4(5)6/h5-16H2,1-4H3;2-3H2,1H3,(H,5,6)/q+1;/p-1. The van der Waals surface area contributed by atoms with E-state index in [0.717, 1.165) is 0 Å². The number of quaternary nitrogens is 1. The van der Waals surface area contributed by atoms with Gasteiger partial charge in [0.25, 0.3) is 0 Å². The summed E-state index contributed by atoms with van der Waals surface area (Å²) in [6, 6.07) is 0. The molecule has 0 aliphatic carbocycles. The summed E-state index contributed by atoms with van der Waals surface area (Å²) in [6.45, 7) is 16.8. The van der Waals surface area contributed by atoms with Gasteiger partial charge >= 0.3 is 0 Å². The Balaban J connectivity index is 0. The molecule has 0 radical (unpaired) electrons. The third-order valence-corrected chi connectivity index (χ3v) is 4.40. The molecule has 0 aliphatic heterocycles. The van der Waals surface area contributed by atoms with Gasteiger partial charge in [0.2, 0.25) is 0 Å². The smallest absolute Gasteiger partial charge is 0.0786 e. The molecular weight excluding hydrogens is 286 g/mol. The van der Waals surface area contributed by atoms with E-state index in [9.17, 15) is 9.90 Å². The molecule has 0 saturated heterocycles. The first kappa shape index (κ1) is 24.7. The summed E-state index contributed by atoms with van der Waals surface area (Å²) in [5.41, 5.74) is 0. The fourth-order valence-electron chi connectivity index (χ4n) is 2.85. The highest BCUT2D eigenvalue weighted by atomic mass is 16.4. The van der Waals surface area contributed by atoms with E-state index in [2.05, 4.69) is 27.7 Å². The molecule has 0 atom stereocenters. The number of aliphatic carboxylic acids is 1. The summed E-state index contributed by atoms with van der Waals surface area (Å²) >= 11 is 0. The fraction of sp³-hybridized carbons (Fsp3) is 0.950. The molecule has 140 valence electrons. The second-order valence-electron chi connectivity index (χ2n) is 6.77. The van der Waals surface area contributed by atoms with Crippen LogP contribution in [0.15, 0.2) is 0 Å². The van der Waals surface area contributed by atoms with E-state index in [4.69, 9.17) is 0 Å². The SMILES string of the molecule is CCCC(=O)[O-].CCCC[N+](CCCC)(CCCC)CCCC. The van der Waals surface area contributed by atoms with Gasteiger partial charge in [0.15, 0.2) is 0 Å². The maximum Gasteiger partial charge on any atom is 0.0786 e. The zero-order valence-electron chi connectivity index (χ0n) is 16.7. The number of hydrogen-bond donors (Lipinski definition) is 0. The van der Waals surface area contributed by atoms with Crippen LogP contribution in [-0.4, -0.2) is 36.6 Å². The molecule has 0 aromatic rings. The van der Waals surface area contributed by atoms with Gasteiger partial charge in [0.1, 0.15) is 0 Å². The van der Waals surface area contributed by atoms with Gasteiger partial charge in [-0.2, -0.15) is 0 Å². The molecule has 0 unspecified atom stereocenters. The minimum absolute atomic E-state index is 0.181. The lowest BCUT2D eigenvalue weighted by Crippen LogP contribution is -2.50. The summed E-state index contributed by atoms with van der Waals surface area (Å²) in [4.78, 5) is 9.49. The highest BCUT2D eigenvalue weighted by molar-refractivity contribution is 5.63. The molecule has 0 bridgehead atoms. The number of hydrogen-bond acceptors (Lipinski definition) is 2. The number of carboxylic acid groups (broad SMARTS) is 1. The van der Waals surface area contributed by atoms with Crippen molar-refractivity contribution in [2.75, 3.05) is 26.2 Å². The fourth-order valence-corrected chi connectivity index (χ4v) is 2.85. The maximum absolute atomic E-state index is 9.49. The zero-order valence-corrected chi connectivity index (χ0v) is 16.7. The summed E-state index contributed by atoms with van der Waals surface area (Å²) in [5.74, 6) is -0.961. The van der Waals surface area contributed by atoms with Crippen LogP contribution in [0.1, 0.15) is 98.8 Å². The molecule has 3 nitrogen and oxygen atoms in total. The summed E-state index contributed by atoms with van der Waals surface area (Å²) in [6.07, 6.45) is 11.9. The Labute approximate surface area is 146 Å². The Morgan fingerprint density at radius 2 is 0.957 bits per heavy atom. The lowest BCUT2D eigenvalue weighted by molar-refractivity contribution is -0.929. The number of nitrogens with zero attached hydrogens (tertiary/aromatic N) is 1. The third kappa shape index (κ3) is 16.1. The molecule has 0 aliphatic rings. The average Bonchev–Trinajstić information content (AvgIpc) is 2.54. The van der Waals surface area contributed by atoms with Crippen molar-refractivity contribution in [3.8, 4) is 0 Å². The van der Waals surface area contributed by atoms with Gasteiger partial charge in [-0.05, 0) is 32.1 Å². The molecule has 0 rings (SSSR count). The Kier molecular flexibility index (Phi) is 19.1. The number of unbranched alkanes of at least 4 members (excludes halogenated alkanes) is 4. The molecule has 0 aromatic heterocycles.